The lowest BCUT2D eigenvalue weighted by Gasteiger charge is -2.11. The minimum atomic E-state index is -0.336. The van der Waals surface area contributed by atoms with Crippen molar-refractivity contribution in [2.75, 3.05) is 5.73 Å². The number of carbonyl (C=O) groups is 1. The quantitative estimate of drug-likeness (QED) is 0.501. The summed E-state index contributed by atoms with van der Waals surface area (Å²) < 4.78 is 6.87. The van der Waals surface area contributed by atoms with Gasteiger partial charge in [-0.25, -0.2) is 15.0 Å². The van der Waals surface area contributed by atoms with Gasteiger partial charge in [0.15, 0.2) is 11.5 Å². The predicted octanol–water partition coefficient (Wildman–Crippen LogP) is 4.03. The molecule has 0 atom stereocenters. The summed E-state index contributed by atoms with van der Waals surface area (Å²) in [4.78, 5) is 24.3. The van der Waals surface area contributed by atoms with Crippen molar-refractivity contribution in [3.05, 3.63) is 66.0 Å². The minimum absolute atomic E-state index is 0.194. The Morgan fingerprint density at radius 1 is 1.13 bits per heavy atom. The Morgan fingerprint density at radius 2 is 1.87 bits per heavy atom. The summed E-state index contributed by atoms with van der Waals surface area (Å²) in [5.74, 6) is 0.578. The van der Waals surface area contributed by atoms with Crippen molar-refractivity contribution in [2.24, 2.45) is 0 Å². The molecule has 2 N–H and O–H groups in total. The average Bonchev–Trinajstić information content (AvgIpc) is 3.18. The number of aromatic nitrogens is 4. The van der Waals surface area contributed by atoms with Crippen LogP contribution in [0.15, 0.2) is 54.7 Å². The molecule has 0 fully saturated rings. The van der Waals surface area contributed by atoms with Crippen LogP contribution in [-0.2, 0) is 16.1 Å². The van der Waals surface area contributed by atoms with E-state index in [9.17, 15) is 10.1 Å². The van der Waals surface area contributed by atoms with Gasteiger partial charge in [-0.2, -0.15) is 5.26 Å². The Balaban J connectivity index is 0.00000132. The number of benzene rings is 1. The molecule has 0 spiro atoms. The molecular formula is C23H22N6O2. The van der Waals surface area contributed by atoms with Crippen LogP contribution >= 0.6 is 0 Å². The van der Waals surface area contributed by atoms with Crippen LogP contribution in [0.2, 0.25) is 0 Å². The monoisotopic (exact) mass is 414 g/mol. The number of nitrogens with two attached hydrogens (primary N) is 1. The highest BCUT2D eigenvalue weighted by molar-refractivity contribution is 5.83. The Labute approximate surface area is 180 Å². The zero-order valence-corrected chi connectivity index (χ0v) is 17.5. The molecule has 0 saturated heterocycles. The highest BCUT2D eigenvalue weighted by atomic mass is 16.5. The molecule has 8 nitrogen and oxygen atoms in total. The summed E-state index contributed by atoms with van der Waals surface area (Å²) in [6.45, 7) is 5.56. The molecule has 4 aromatic rings. The summed E-state index contributed by atoms with van der Waals surface area (Å²) in [7, 11) is 0. The zero-order valence-electron chi connectivity index (χ0n) is 17.5. The Hall–Kier alpha value is -4.25. The van der Waals surface area contributed by atoms with Crippen molar-refractivity contribution in [3.8, 4) is 23.1 Å². The van der Waals surface area contributed by atoms with Crippen molar-refractivity contribution in [1.29, 1.82) is 5.26 Å². The third kappa shape index (κ3) is 4.51. The fraction of sp³-hybridized carbons (Fsp3) is 0.174. The van der Waals surface area contributed by atoms with Gasteiger partial charge < -0.3 is 10.5 Å². The Kier molecular flexibility index (Phi) is 6.58. The second kappa shape index (κ2) is 9.50. The van der Waals surface area contributed by atoms with E-state index >= 15 is 0 Å². The van der Waals surface area contributed by atoms with Gasteiger partial charge in [-0.05, 0) is 42.0 Å². The fourth-order valence-electron chi connectivity index (χ4n) is 2.98. The number of nitrogen functional groups attached to an aromatic ring is 1. The van der Waals surface area contributed by atoms with Crippen LogP contribution < -0.4 is 5.73 Å². The van der Waals surface area contributed by atoms with E-state index in [1.807, 2.05) is 48.7 Å². The average molecular weight is 414 g/mol. The van der Waals surface area contributed by atoms with Gasteiger partial charge in [0.2, 0.25) is 0 Å². The lowest BCUT2D eigenvalue weighted by atomic mass is 10.2. The molecule has 3 heterocycles. The van der Waals surface area contributed by atoms with E-state index in [2.05, 4.69) is 21.0 Å². The number of nitrogens with zero attached hydrogens (tertiary/aromatic N) is 5. The van der Waals surface area contributed by atoms with E-state index in [0.29, 0.717) is 28.4 Å². The number of rotatable bonds is 4. The van der Waals surface area contributed by atoms with Crippen LogP contribution in [0.3, 0.4) is 0 Å². The van der Waals surface area contributed by atoms with Gasteiger partial charge in [0.25, 0.3) is 0 Å². The molecule has 4 rings (SSSR count). The van der Waals surface area contributed by atoms with E-state index < -0.39 is 0 Å². The summed E-state index contributed by atoms with van der Waals surface area (Å²) >= 11 is 0. The van der Waals surface area contributed by atoms with Gasteiger partial charge in [-0.1, -0.05) is 26.0 Å². The molecule has 0 radical (unpaired) electrons. The number of imidazole rings is 1. The molecule has 0 unspecified atom stereocenters. The topological polar surface area (TPSA) is 120 Å². The molecule has 0 amide bonds. The van der Waals surface area contributed by atoms with Gasteiger partial charge in [-0.3, -0.25) is 9.36 Å². The third-order valence-corrected chi connectivity index (χ3v) is 4.34. The highest BCUT2D eigenvalue weighted by Gasteiger charge is 2.18. The maximum absolute atomic E-state index is 11.0. The minimum Gasteiger partial charge on any atom is -0.461 e. The standard InChI is InChI=1S/C21H16N6O2.C2H6/c1-13(28)29-12-14-4-7-16(8-5-14)27-20(17-3-2-10-24-19(17)23)26-18-9-6-15(11-22)25-21(18)27;1-2/h2-10H,12H2,1H3,(H2,23,24);1-2H3. The van der Waals surface area contributed by atoms with Gasteiger partial charge in [0.1, 0.15) is 29.7 Å². The van der Waals surface area contributed by atoms with E-state index in [0.717, 1.165) is 11.3 Å². The number of hydrogen-bond acceptors (Lipinski definition) is 7. The molecule has 0 bridgehead atoms. The molecule has 156 valence electrons. The smallest absolute Gasteiger partial charge is 0.302 e. The third-order valence-electron chi connectivity index (χ3n) is 4.34. The van der Waals surface area contributed by atoms with Crippen LogP contribution in [0.1, 0.15) is 32.0 Å². The molecule has 0 aliphatic rings. The van der Waals surface area contributed by atoms with Gasteiger partial charge in [0.05, 0.1) is 5.56 Å². The Morgan fingerprint density at radius 3 is 2.52 bits per heavy atom. The molecule has 8 heteroatoms. The number of hydrogen-bond donors (Lipinski definition) is 1. The van der Waals surface area contributed by atoms with Crippen molar-refractivity contribution in [3.63, 3.8) is 0 Å². The normalized spacial score (nSPS) is 10.1. The van der Waals surface area contributed by atoms with Crippen LogP contribution in [0.25, 0.3) is 28.2 Å². The number of nitriles is 1. The van der Waals surface area contributed by atoms with E-state index in [1.54, 1.807) is 24.4 Å². The molecule has 0 aliphatic heterocycles. The first-order valence-corrected chi connectivity index (χ1v) is 9.80. The lowest BCUT2D eigenvalue weighted by Crippen LogP contribution is -2.03. The molecular weight excluding hydrogens is 392 g/mol. The molecule has 1 aromatic carbocycles. The second-order valence-corrected chi connectivity index (χ2v) is 6.30. The molecule has 31 heavy (non-hydrogen) atoms. The maximum Gasteiger partial charge on any atom is 0.302 e. The highest BCUT2D eigenvalue weighted by Crippen LogP contribution is 2.30. The molecule has 3 aromatic heterocycles. The van der Waals surface area contributed by atoms with Crippen LogP contribution in [-0.4, -0.2) is 25.5 Å². The summed E-state index contributed by atoms with van der Waals surface area (Å²) in [6, 6.07) is 16.5. The largest absolute Gasteiger partial charge is 0.461 e. The van der Waals surface area contributed by atoms with Crippen molar-refractivity contribution >= 4 is 23.0 Å². The second-order valence-electron chi connectivity index (χ2n) is 6.30. The van der Waals surface area contributed by atoms with Crippen molar-refractivity contribution in [1.82, 2.24) is 19.5 Å². The summed E-state index contributed by atoms with van der Waals surface area (Å²) in [5, 5.41) is 9.25. The zero-order chi connectivity index (χ0) is 22.4. The number of esters is 1. The predicted molar refractivity (Wildman–Crippen MR) is 118 cm³/mol. The van der Waals surface area contributed by atoms with Crippen LogP contribution in [0, 0.1) is 11.3 Å². The van der Waals surface area contributed by atoms with Crippen LogP contribution in [0.4, 0.5) is 5.82 Å². The van der Waals surface area contributed by atoms with Crippen molar-refractivity contribution < 1.29 is 9.53 Å². The molecule has 0 saturated carbocycles. The van der Waals surface area contributed by atoms with E-state index in [4.69, 9.17) is 10.5 Å². The first kappa shape index (κ1) is 21.5. The first-order valence-electron chi connectivity index (χ1n) is 9.80. The van der Waals surface area contributed by atoms with Crippen LogP contribution in [0.5, 0.6) is 0 Å². The fourth-order valence-corrected chi connectivity index (χ4v) is 2.98. The van der Waals surface area contributed by atoms with Gasteiger partial charge >= 0.3 is 5.97 Å². The van der Waals surface area contributed by atoms with Gasteiger partial charge in [0, 0.05) is 18.8 Å². The number of fused-ring (bicyclic) bond motifs is 1. The first-order chi connectivity index (χ1) is 15.1. The summed E-state index contributed by atoms with van der Waals surface area (Å²) in [5.41, 5.74) is 9.83. The number of carbonyl (C=O) groups excluding carboxylic acids is 1. The molecule has 0 aliphatic carbocycles. The van der Waals surface area contributed by atoms with E-state index in [-0.39, 0.29) is 18.3 Å². The van der Waals surface area contributed by atoms with E-state index in [1.165, 1.54) is 6.92 Å². The number of anilines is 1. The van der Waals surface area contributed by atoms with Crippen molar-refractivity contribution in [2.45, 2.75) is 27.4 Å². The lowest BCUT2D eigenvalue weighted by molar-refractivity contribution is -0.142. The SMILES string of the molecule is CC.CC(=O)OCc1ccc(-n2c(-c3cccnc3N)nc3ccc(C#N)nc32)cc1. The van der Waals surface area contributed by atoms with Gasteiger partial charge in [-0.15, -0.1) is 0 Å². The summed E-state index contributed by atoms with van der Waals surface area (Å²) in [6.07, 6.45) is 1.61. The maximum atomic E-state index is 11.0. The number of pyridine rings is 2. The number of ether oxygens (including phenoxy) is 1. The Bertz CT molecular complexity index is 1260.